The number of hydrogen-bond acceptors (Lipinski definition) is 3. The molecular weight excluding hydrogens is 142 g/mol. The summed E-state index contributed by atoms with van der Waals surface area (Å²) in [4.78, 5) is 4.54. The van der Waals surface area contributed by atoms with Gasteiger partial charge in [-0.05, 0) is 5.56 Å². The summed E-state index contributed by atoms with van der Waals surface area (Å²) < 4.78 is 0. The number of aliphatic hydroxyl groups excluding tert-OH is 1. The summed E-state index contributed by atoms with van der Waals surface area (Å²) in [6.07, 6.45) is 0. The molecule has 0 amide bonds. The lowest BCUT2D eigenvalue weighted by atomic mass is 10.2. The number of hydroxylamine groups is 1. The van der Waals surface area contributed by atoms with Crippen molar-refractivity contribution in [3.05, 3.63) is 35.9 Å². The first-order valence-electron chi connectivity index (χ1n) is 3.43. The molecule has 1 aromatic rings. The van der Waals surface area contributed by atoms with Crippen LogP contribution in [0.2, 0.25) is 0 Å². The summed E-state index contributed by atoms with van der Waals surface area (Å²) >= 11 is 0. The zero-order chi connectivity index (χ0) is 7.94. The summed E-state index contributed by atoms with van der Waals surface area (Å²) in [6, 6.07) is 9.82. The van der Waals surface area contributed by atoms with Crippen LogP contribution in [0.5, 0.6) is 0 Å². The number of aliphatic hydroxyl groups is 1. The first kappa shape index (κ1) is 8.20. The molecule has 0 aliphatic carbocycles. The summed E-state index contributed by atoms with van der Waals surface area (Å²) in [5.74, 6) is 0. The molecule has 0 bridgehead atoms. The van der Waals surface area contributed by atoms with Crippen LogP contribution in [-0.2, 0) is 11.4 Å². The second-order valence-corrected chi connectivity index (χ2v) is 2.08. The van der Waals surface area contributed by atoms with Crippen molar-refractivity contribution < 1.29 is 9.94 Å². The van der Waals surface area contributed by atoms with E-state index in [9.17, 15) is 0 Å². The van der Waals surface area contributed by atoms with Crippen LogP contribution < -0.4 is 5.48 Å². The highest BCUT2D eigenvalue weighted by Gasteiger charge is 1.87. The molecule has 1 aromatic carbocycles. The minimum absolute atomic E-state index is 0.299. The van der Waals surface area contributed by atoms with E-state index in [2.05, 4.69) is 10.3 Å². The zero-order valence-corrected chi connectivity index (χ0v) is 6.16. The molecule has 0 spiro atoms. The average Bonchev–Trinajstić information content (AvgIpc) is 2.07. The van der Waals surface area contributed by atoms with E-state index in [1.54, 1.807) is 0 Å². The molecule has 1 rings (SSSR count). The Kier molecular flexibility index (Phi) is 3.61. The Labute approximate surface area is 65.6 Å². The monoisotopic (exact) mass is 153 g/mol. The molecule has 2 N–H and O–H groups in total. The van der Waals surface area contributed by atoms with Gasteiger partial charge in [-0.15, -0.1) is 0 Å². The first-order chi connectivity index (χ1) is 5.43. The lowest BCUT2D eigenvalue weighted by molar-refractivity contribution is -0.0638. The van der Waals surface area contributed by atoms with E-state index in [1.165, 1.54) is 0 Å². The van der Waals surface area contributed by atoms with Gasteiger partial charge < -0.3 is 5.11 Å². The number of benzene rings is 1. The third-order valence-corrected chi connectivity index (χ3v) is 1.29. The van der Waals surface area contributed by atoms with Crippen molar-refractivity contribution in [3.8, 4) is 0 Å². The standard InChI is InChI=1S/C8H11NO2/c10-7-11-9-6-8-4-2-1-3-5-8/h1-5,9-10H,6-7H2. The van der Waals surface area contributed by atoms with Crippen molar-refractivity contribution >= 4 is 0 Å². The van der Waals surface area contributed by atoms with Gasteiger partial charge in [-0.25, -0.2) is 0 Å². The maximum atomic E-state index is 8.26. The Balaban J connectivity index is 2.28. The van der Waals surface area contributed by atoms with Gasteiger partial charge >= 0.3 is 0 Å². The van der Waals surface area contributed by atoms with Crippen LogP contribution in [-0.4, -0.2) is 11.9 Å². The average molecular weight is 153 g/mol. The van der Waals surface area contributed by atoms with Gasteiger partial charge in [-0.2, -0.15) is 5.48 Å². The van der Waals surface area contributed by atoms with Gasteiger partial charge in [0.15, 0.2) is 6.79 Å². The topological polar surface area (TPSA) is 41.5 Å². The Morgan fingerprint density at radius 1 is 1.27 bits per heavy atom. The van der Waals surface area contributed by atoms with Crippen molar-refractivity contribution in [3.63, 3.8) is 0 Å². The highest BCUT2D eigenvalue weighted by Crippen LogP contribution is 1.96. The van der Waals surface area contributed by atoms with Gasteiger partial charge in [0.05, 0.1) is 0 Å². The van der Waals surface area contributed by atoms with Gasteiger partial charge in [0.1, 0.15) is 0 Å². The molecule has 0 atom stereocenters. The molecule has 0 saturated carbocycles. The van der Waals surface area contributed by atoms with E-state index in [4.69, 9.17) is 5.11 Å². The predicted molar refractivity (Wildman–Crippen MR) is 41.5 cm³/mol. The lowest BCUT2D eigenvalue weighted by Crippen LogP contribution is -2.14. The van der Waals surface area contributed by atoms with Gasteiger partial charge in [-0.1, -0.05) is 30.3 Å². The van der Waals surface area contributed by atoms with Crippen molar-refractivity contribution in [1.82, 2.24) is 5.48 Å². The molecule has 0 aliphatic heterocycles. The van der Waals surface area contributed by atoms with Gasteiger partial charge in [-0.3, -0.25) is 4.84 Å². The summed E-state index contributed by atoms with van der Waals surface area (Å²) in [5.41, 5.74) is 3.73. The van der Waals surface area contributed by atoms with E-state index in [1.807, 2.05) is 30.3 Å². The van der Waals surface area contributed by atoms with Crippen LogP contribution in [0.4, 0.5) is 0 Å². The third-order valence-electron chi connectivity index (χ3n) is 1.29. The Morgan fingerprint density at radius 2 is 2.00 bits per heavy atom. The summed E-state index contributed by atoms with van der Waals surface area (Å²) in [5, 5.41) is 8.26. The minimum Gasteiger partial charge on any atom is -0.369 e. The fourth-order valence-electron chi connectivity index (χ4n) is 0.776. The molecule has 0 aliphatic rings. The van der Waals surface area contributed by atoms with Crippen LogP contribution in [0.1, 0.15) is 5.56 Å². The third kappa shape index (κ3) is 3.13. The molecule has 0 fully saturated rings. The normalized spacial score (nSPS) is 9.91. The van der Waals surface area contributed by atoms with Crippen molar-refractivity contribution in [2.75, 3.05) is 6.79 Å². The van der Waals surface area contributed by atoms with E-state index in [0.717, 1.165) is 5.56 Å². The number of hydrogen-bond donors (Lipinski definition) is 2. The zero-order valence-electron chi connectivity index (χ0n) is 6.16. The fourth-order valence-corrected chi connectivity index (χ4v) is 0.776. The molecule has 0 saturated heterocycles. The van der Waals surface area contributed by atoms with Crippen molar-refractivity contribution in [2.45, 2.75) is 6.54 Å². The second kappa shape index (κ2) is 4.85. The largest absolute Gasteiger partial charge is 0.369 e. The molecular formula is C8H11NO2. The second-order valence-electron chi connectivity index (χ2n) is 2.08. The maximum absolute atomic E-state index is 8.26. The molecule has 60 valence electrons. The molecule has 3 nitrogen and oxygen atoms in total. The van der Waals surface area contributed by atoms with Gasteiger partial charge in [0.25, 0.3) is 0 Å². The Bertz CT molecular complexity index is 189. The van der Waals surface area contributed by atoms with Crippen LogP contribution in [0, 0.1) is 0 Å². The van der Waals surface area contributed by atoms with Crippen molar-refractivity contribution in [2.24, 2.45) is 0 Å². The highest BCUT2D eigenvalue weighted by atomic mass is 16.7. The predicted octanol–water partition coefficient (Wildman–Crippen LogP) is 0.658. The van der Waals surface area contributed by atoms with E-state index < -0.39 is 0 Å². The summed E-state index contributed by atoms with van der Waals surface area (Å²) in [7, 11) is 0. The van der Waals surface area contributed by atoms with E-state index in [0.29, 0.717) is 6.54 Å². The molecule has 0 radical (unpaired) electrons. The Hall–Kier alpha value is -0.900. The lowest BCUT2D eigenvalue weighted by Gasteiger charge is -2.01. The van der Waals surface area contributed by atoms with Crippen LogP contribution in [0.15, 0.2) is 30.3 Å². The van der Waals surface area contributed by atoms with Crippen LogP contribution in [0.25, 0.3) is 0 Å². The van der Waals surface area contributed by atoms with Crippen LogP contribution in [0.3, 0.4) is 0 Å². The maximum Gasteiger partial charge on any atom is 0.163 e. The highest BCUT2D eigenvalue weighted by molar-refractivity contribution is 5.13. The van der Waals surface area contributed by atoms with E-state index in [-0.39, 0.29) is 6.79 Å². The smallest absolute Gasteiger partial charge is 0.163 e. The minimum atomic E-state index is -0.299. The van der Waals surface area contributed by atoms with Gasteiger partial charge in [0.2, 0.25) is 0 Å². The van der Waals surface area contributed by atoms with Gasteiger partial charge in [0, 0.05) is 6.54 Å². The number of nitrogens with one attached hydrogen (secondary N) is 1. The Morgan fingerprint density at radius 3 is 2.64 bits per heavy atom. The molecule has 0 heterocycles. The summed E-state index contributed by atoms with van der Waals surface area (Å²) in [6.45, 7) is 0.314. The molecule has 0 aromatic heterocycles. The molecule has 3 heteroatoms. The molecule has 11 heavy (non-hydrogen) atoms. The first-order valence-corrected chi connectivity index (χ1v) is 3.43. The fraction of sp³-hybridized carbons (Fsp3) is 0.250. The van der Waals surface area contributed by atoms with Crippen molar-refractivity contribution in [1.29, 1.82) is 0 Å². The van der Waals surface area contributed by atoms with E-state index >= 15 is 0 Å². The van der Waals surface area contributed by atoms with Crippen LogP contribution >= 0.6 is 0 Å². The SMILES string of the molecule is OCONCc1ccccc1. The quantitative estimate of drug-likeness (QED) is 0.379. The number of rotatable bonds is 4. The molecule has 0 unspecified atom stereocenters.